The van der Waals surface area contributed by atoms with Gasteiger partial charge in [0.2, 0.25) is 0 Å². The molecule has 8 heteroatoms. The predicted molar refractivity (Wildman–Crippen MR) is 98.7 cm³/mol. The van der Waals surface area contributed by atoms with Crippen molar-refractivity contribution in [2.24, 2.45) is 0 Å². The monoisotopic (exact) mass is 363 g/mol. The maximum atomic E-state index is 12.1. The van der Waals surface area contributed by atoms with Crippen LogP contribution >= 0.6 is 11.3 Å². The third-order valence-electron chi connectivity index (χ3n) is 3.72. The Morgan fingerprint density at radius 3 is 2.56 bits per heavy atom. The Kier molecular flexibility index (Phi) is 6.72. The van der Waals surface area contributed by atoms with Crippen LogP contribution in [0.1, 0.15) is 22.3 Å². The molecule has 0 aliphatic heterocycles. The molecule has 1 atom stereocenters. The SMILES string of the molecule is Cc1cc(C)n(C(CNC(=O)C(=O)NCCN(C)C)c2cccs2)n1. The van der Waals surface area contributed by atoms with Crippen LogP contribution in [0.2, 0.25) is 0 Å². The van der Waals surface area contributed by atoms with Crippen LogP contribution in [0.5, 0.6) is 0 Å². The Morgan fingerprint density at radius 1 is 1.28 bits per heavy atom. The predicted octanol–water partition coefficient (Wildman–Crippen LogP) is 0.945. The first-order valence-electron chi connectivity index (χ1n) is 8.15. The summed E-state index contributed by atoms with van der Waals surface area (Å²) in [6.07, 6.45) is 0. The molecule has 2 aromatic heterocycles. The van der Waals surface area contributed by atoms with E-state index >= 15 is 0 Å². The molecule has 0 aromatic carbocycles. The van der Waals surface area contributed by atoms with E-state index in [4.69, 9.17) is 0 Å². The number of carbonyl (C=O) groups excluding carboxylic acids is 2. The van der Waals surface area contributed by atoms with Crippen molar-refractivity contribution < 1.29 is 9.59 Å². The Labute approximate surface area is 152 Å². The number of hydrogen-bond donors (Lipinski definition) is 2. The number of nitrogens with one attached hydrogen (secondary N) is 2. The fourth-order valence-electron chi connectivity index (χ4n) is 2.49. The highest BCUT2D eigenvalue weighted by Crippen LogP contribution is 2.24. The second-order valence-electron chi connectivity index (χ2n) is 6.17. The van der Waals surface area contributed by atoms with E-state index in [1.165, 1.54) is 0 Å². The van der Waals surface area contributed by atoms with Crippen LogP contribution in [0.25, 0.3) is 0 Å². The van der Waals surface area contributed by atoms with E-state index in [1.807, 2.05) is 61.1 Å². The van der Waals surface area contributed by atoms with Crippen molar-refractivity contribution in [1.29, 1.82) is 0 Å². The van der Waals surface area contributed by atoms with Crippen LogP contribution in [0.3, 0.4) is 0 Å². The number of hydrogen-bond acceptors (Lipinski definition) is 5. The van der Waals surface area contributed by atoms with Gasteiger partial charge in [0.1, 0.15) is 6.04 Å². The quantitative estimate of drug-likeness (QED) is 0.718. The van der Waals surface area contributed by atoms with Gasteiger partial charge in [-0.05, 0) is 45.5 Å². The normalized spacial score (nSPS) is 12.2. The maximum Gasteiger partial charge on any atom is 0.309 e. The zero-order chi connectivity index (χ0) is 18.4. The number of aryl methyl sites for hydroxylation is 2. The number of aromatic nitrogens is 2. The van der Waals surface area contributed by atoms with Gasteiger partial charge in [0, 0.05) is 30.2 Å². The first-order chi connectivity index (χ1) is 11.9. The molecule has 2 amide bonds. The summed E-state index contributed by atoms with van der Waals surface area (Å²) in [6, 6.07) is 5.84. The molecule has 0 radical (unpaired) electrons. The molecule has 1 unspecified atom stereocenters. The zero-order valence-corrected chi connectivity index (χ0v) is 15.9. The summed E-state index contributed by atoms with van der Waals surface area (Å²) >= 11 is 1.60. The van der Waals surface area contributed by atoms with Gasteiger partial charge in [-0.3, -0.25) is 14.3 Å². The standard InChI is InChI=1S/C17H25N5O2S/c1-12-10-13(2)22(20-12)14(15-6-5-9-25-15)11-19-17(24)16(23)18-7-8-21(3)4/h5-6,9-10,14H,7-8,11H2,1-4H3,(H,18,23)(H,19,24). The lowest BCUT2D eigenvalue weighted by Crippen LogP contribution is -2.43. The summed E-state index contributed by atoms with van der Waals surface area (Å²) in [5, 5.41) is 11.9. The molecule has 2 heterocycles. The average Bonchev–Trinajstić information content (AvgIpc) is 3.17. The largest absolute Gasteiger partial charge is 0.347 e. The minimum atomic E-state index is -0.623. The van der Waals surface area contributed by atoms with Crippen molar-refractivity contribution >= 4 is 23.2 Å². The van der Waals surface area contributed by atoms with Gasteiger partial charge < -0.3 is 15.5 Å². The van der Waals surface area contributed by atoms with E-state index < -0.39 is 11.8 Å². The van der Waals surface area contributed by atoms with Crippen LogP contribution in [0, 0.1) is 13.8 Å². The van der Waals surface area contributed by atoms with Crippen molar-refractivity contribution in [2.75, 3.05) is 33.7 Å². The Hall–Kier alpha value is -2.19. The fraction of sp³-hybridized carbons (Fsp3) is 0.471. The molecule has 0 aliphatic carbocycles. The van der Waals surface area contributed by atoms with Gasteiger partial charge in [0.05, 0.1) is 5.69 Å². The molecule has 2 N–H and O–H groups in total. The highest BCUT2D eigenvalue weighted by Gasteiger charge is 2.21. The van der Waals surface area contributed by atoms with Crippen molar-refractivity contribution in [3.63, 3.8) is 0 Å². The summed E-state index contributed by atoms with van der Waals surface area (Å²) in [5.74, 6) is -1.23. The summed E-state index contributed by atoms with van der Waals surface area (Å²) < 4.78 is 1.89. The highest BCUT2D eigenvalue weighted by molar-refractivity contribution is 7.10. The molecular weight excluding hydrogens is 338 g/mol. The van der Waals surface area contributed by atoms with Crippen LogP contribution in [0.4, 0.5) is 0 Å². The van der Waals surface area contributed by atoms with Gasteiger partial charge in [-0.25, -0.2) is 0 Å². The molecule has 7 nitrogen and oxygen atoms in total. The van der Waals surface area contributed by atoms with Gasteiger partial charge in [-0.2, -0.15) is 5.10 Å². The van der Waals surface area contributed by atoms with Crippen LogP contribution in [-0.4, -0.2) is 60.2 Å². The zero-order valence-electron chi connectivity index (χ0n) is 15.1. The molecule has 0 fully saturated rings. The van der Waals surface area contributed by atoms with Gasteiger partial charge in [0.25, 0.3) is 0 Å². The van der Waals surface area contributed by atoms with Crippen molar-refractivity contribution in [3.8, 4) is 0 Å². The Bertz CT molecular complexity index is 709. The minimum absolute atomic E-state index is 0.132. The molecule has 2 aromatic rings. The molecular formula is C17H25N5O2S. The van der Waals surface area contributed by atoms with Gasteiger partial charge in [0.15, 0.2) is 0 Å². The van der Waals surface area contributed by atoms with Crippen molar-refractivity contribution in [2.45, 2.75) is 19.9 Å². The smallest absolute Gasteiger partial charge is 0.309 e. The second-order valence-corrected chi connectivity index (χ2v) is 7.15. The molecule has 2 rings (SSSR count). The molecule has 136 valence electrons. The lowest BCUT2D eigenvalue weighted by atomic mass is 10.2. The lowest BCUT2D eigenvalue weighted by Gasteiger charge is -2.19. The van der Waals surface area contributed by atoms with Crippen molar-refractivity contribution in [1.82, 2.24) is 25.3 Å². The van der Waals surface area contributed by atoms with E-state index in [0.29, 0.717) is 19.6 Å². The number of thiophene rings is 1. The molecule has 0 aliphatic rings. The third kappa shape index (κ3) is 5.40. The lowest BCUT2D eigenvalue weighted by molar-refractivity contribution is -0.139. The summed E-state index contributed by atoms with van der Waals surface area (Å²) in [6.45, 7) is 5.35. The van der Waals surface area contributed by atoms with E-state index in [1.54, 1.807) is 11.3 Å². The number of amides is 2. The van der Waals surface area contributed by atoms with Crippen LogP contribution < -0.4 is 10.6 Å². The Morgan fingerprint density at radius 2 is 2.00 bits per heavy atom. The van der Waals surface area contributed by atoms with E-state index in [0.717, 1.165) is 16.3 Å². The first-order valence-corrected chi connectivity index (χ1v) is 9.03. The van der Waals surface area contributed by atoms with E-state index in [9.17, 15) is 9.59 Å². The van der Waals surface area contributed by atoms with Gasteiger partial charge >= 0.3 is 11.8 Å². The number of nitrogens with zero attached hydrogens (tertiary/aromatic N) is 3. The molecule has 0 bridgehead atoms. The molecule has 0 saturated heterocycles. The number of rotatable bonds is 7. The first kappa shape index (κ1) is 19.1. The number of carbonyl (C=O) groups is 2. The van der Waals surface area contributed by atoms with Crippen LogP contribution in [0.15, 0.2) is 23.6 Å². The molecule has 0 saturated carbocycles. The summed E-state index contributed by atoms with van der Waals surface area (Å²) in [4.78, 5) is 26.9. The fourth-order valence-corrected chi connectivity index (χ4v) is 3.30. The van der Waals surface area contributed by atoms with Crippen LogP contribution in [-0.2, 0) is 9.59 Å². The third-order valence-corrected chi connectivity index (χ3v) is 4.69. The summed E-state index contributed by atoms with van der Waals surface area (Å²) in [5.41, 5.74) is 1.94. The van der Waals surface area contributed by atoms with Gasteiger partial charge in [-0.15, -0.1) is 11.3 Å². The highest BCUT2D eigenvalue weighted by atomic mass is 32.1. The average molecular weight is 363 g/mol. The van der Waals surface area contributed by atoms with Gasteiger partial charge in [-0.1, -0.05) is 6.07 Å². The van der Waals surface area contributed by atoms with E-state index in [2.05, 4.69) is 15.7 Å². The van der Waals surface area contributed by atoms with E-state index in [-0.39, 0.29) is 6.04 Å². The van der Waals surface area contributed by atoms with Crippen molar-refractivity contribution in [3.05, 3.63) is 39.8 Å². The molecule has 0 spiro atoms. The molecule has 25 heavy (non-hydrogen) atoms. The second kappa shape index (κ2) is 8.77. The Balaban J connectivity index is 2.00. The topological polar surface area (TPSA) is 79.3 Å². The number of likely N-dealkylation sites (N-methyl/N-ethyl adjacent to an activating group) is 1. The summed E-state index contributed by atoms with van der Waals surface area (Å²) in [7, 11) is 3.82. The maximum absolute atomic E-state index is 12.1. The minimum Gasteiger partial charge on any atom is -0.347 e.